The fourth-order valence-corrected chi connectivity index (χ4v) is 3.75. The van der Waals surface area contributed by atoms with Gasteiger partial charge in [-0.15, -0.1) is 24.0 Å². The Bertz CT molecular complexity index is 929. The second-order valence-electron chi connectivity index (χ2n) is 7.04. The summed E-state index contributed by atoms with van der Waals surface area (Å²) in [5.74, 6) is 1.54. The topological polar surface area (TPSA) is 63.3 Å². The molecule has 2 aromatic heterocycles. The van der Waals surface area contributed by atoms with Crippen molar-refractivity contribution in [3.05, 3.63) is 48.5 Å². The Morgan fingerprint density at radius 1 is 1.32 bits per heavy atom. The highest BCUT2D eigenvalue weighted by molar-refractivity contribution is 14.0. The Morgan fingerprint density at radius 2 is 2.18 bits per heavy atom. The van der Waals surface area contributed by atoms with Crippen LogP contribution in [0.15, 0.2) is 48.0 Å². The highest BCUT2D eigenvalue weighted by Crippen LogP contribution is 2.26. The quantitative estimate of drug-likeness (QED) is 0.338. The molecule has 1 aliphatic rings. The van der Waals surface area contributed by atoms with E-state index >= 15 is 0 Å². The van der Waals surface area contributed by atoms with E-state index in [4.69, 9.17) is 4.99 Å². The minimum absolute atomic E-state index is 0. The number of hydrogen-bond donors (Lipinski definition) is 1. The van der Waals surface area contributed by atoms with Crippen molar-refractivity contribution in [3.8, 4) is 0 Å². The molecule has 1 atom stereocenters. The lowest BCUT2D eigenvalue weighted by Gasteiger charge is -2.21. The summed E-state index contributed by atoms with van der Waals surface area (Å²) in [5, 5.41) is 7.76. The van der Waals surface area contributed by atoms with Crippen LogP contribution in [-0.4, -0.2) is 56.4 Å². The molecule has 1 N–H and O–H groups in total. The van der Waals surface area contributed by atoms with Crippen molar-refractivity contribution >= 4 is 41.0 Å². The van der Waals surface area contributed by atoms with E-state index < -0.39 is 0 Å². The van der Waals surface area contributed by atoms with Crippen LogP contribution in [-0.2, 0) is 13.6 Å². The summed E-state index contributed by atoms with van der Waals surface area (Å²) in [4.78, 5) is 11.7. The molecule has 0 radical (unpaired) electrons. The molecule has 0 saturated carbocycles. The number of likely N-dealkylation sites (tertiary alicyclic amines) is 1. The third-order valence-corrected chi connectivity index (χ3v) is 5.15. The van der Waals surface area contributed by atoms with Crippen LogP contribution in [0.2, 0.25) is 0 Å². The van der Waals surface area contributed by atoms with Crippen LogP contribution in [0.3, 0.4) is 0 Å². The van der Waals surface area contributed by atoms with Gasteiger partial charge in [-0.3, -0.25) is 9.67 Å². The van der Waals surface area contributed by atoms with Crippen molar-refractivity contribution in [3.63, 3.8) is 0 Å². The molecule has 0 spiro atoms. The van der Waals surface area contributed by atoms with Crippen LogP contribution < -0.4 is 5.32 Å². The smallest absolute Gasteiger partial charge is 0.193 e. The maximum atomic E-state index is 4.87. The van der Waals surface area contributed by atoms with E-state index in [-0.39, 0.29) is 24.0 Å². The minimum Gasteiger partial charge on any atom is -0.357 e. The fraction of sp³-hybridized carbons (Fsp3) is 0.450. The van der Waals surface area contributed by atoms with E-state index in [1.807, 2.05) is 36.4 Å². The third-order valence-electron chi connectivity index (χ3n) is 5.15. The SMILES string of the molecule is CCNC(=NCCn1cnc2ccccc21)N1CCC(c2cnn(C)c2)C1.I. The molecule has 1 unspecified atom stereocenters. The van der Waals surface area contributed by atoms with E-state index in [1.54, 1.807) is 0 Å². The summed E-state index contributed by atoms with van der Waals surface area (Å²) in [5.41, 5.74) is 3.52. The first-order valence-electron chi connectivity index (χ1n) is 9.66. The van der Waals surface area contributed by atoms with Gasteiger partial charge in [0.2, 0.25) is 0 Å². The molecule has 4 rings (SSSR count). The second kappa shape index (κ2) is 9.40. The molecule has 150 valence electrons. The number of aliphatic imine (C=N–C) groups is 1. The lowest BCUT2D eigenvalue weighted by molar-refractivity contribution is 0.485. The number of benzene rings is 1. The number of guanidine groups is 1. The highest BCUT2D eigenvalue weighted by atomic mass is 127. The number of para-hydroxylation sites is 2. The largest absolute Gasteiger partial charge is 0.357 e. The van der Waals surface area contributed by atoms with Gasteiger partial charge < -0.3 is 14.8 Å². The maximum Gasteiger partial charge on any atom is 0.193 e. The molecule has 3 aromatic rings. The van der Waals surface area contributed by atoms with Crippen LogP contribution in [0.25, 0.3) is 11.0 Å². The first-order chi connectivity index (χ1) is 13.2. The van der Waals surface area contributed by atoms with Gasteiger partial charge in [0.1, 0.15) is 0 Å². The van der Waals surface area contributed by atoms with Crippen LogP contribution >= 0.6 is 24.0 Å². The van der Waals surface area contributed by atoms with Gasteiger partial charge in [0.05, 0.1) is 30.1 Å². The summed E-state index contributed by atoms with van der Waals surface area (Å²) < 4.78 is 4.05. The summed E-state index contributed by atoms with van der Waals surface area (Å²) in [7, 11) is 1.97. The molecule has 1 fully saturated rings. The average molecular weight is 493 g/mol. The second-order valence-corrected chi connectivity index (χ2v) is 7.04. The molecule has 1 aliphatic heterocycles. The van der Waals surface area contributed by atoms with Crippen LogP contribution in [0.5, 0.6) is 0 Å². The molecule has 8 heteroatoms. The van der Waals surface area contributed by atoms with Gasteiger partial charge in [0.15, 0.2) is 5.96 Å². The standard InChI is InChI=1S/C20H27N7.HI/c1-3-21-20(26-10-8-16(14-26)17-12-24-25(2)13-17)22-9-11-27-15-23-18-6-4-5-7-19(18)27;/h4-7,12-13,15-16H,3,8-11,14H2,1-2H3,(H,21,22);1H. The number of imidazole rings is 1. The monoisotopic (exact) mass is 493 g/mol. The lowest BCUT2D eigenvalue weighted by atomic mass is 10.0. The molecule has 7 nitrogen and oxygen atoms in total. The van der Waals surface area contributed by atoms with E-state index in [1.165, 1.54) is 5.56 Å². The number of nitrogens with one attached hydrogen (secondary N) is 1. The van der Waals surface area contributed by atoms with Crippen LogP contribution in [0.1, 0.15) is 24.8 Å². The zero-order valence-corrected chi connectivity index (χ0v) is 18.8. The molecule has 1 aromatic carbocycles. The maximum absolute atomic E-state index is 4.87. The number of hydrogen-bond acceptors (Lipinski definition) is 3. The predicted molar refractivity (Wildman–Crippen MR) is 123 cm³/mol. The zero-order valence-electron chi connectivity index (χ0n) is 16.5. The van der Waals surface area contributed by atoms with Crippen molar-refractivity contribution in [1.82, 2.24) is 29.5 Å². The van der Waals surface area contributed by atoms with Gasteiger partial charge in [0.25, 0.3) is 0 Å². The normalized spacial score (nSPS) is 17.1. The zero-order chi connectivity index (χ0) is 18.6. The molecule has 3 heterocycles. The molecule has 1 saturated heterocycles. The van der Waals surface area contributed by atoms with Crippen molar-refractivity contribution < 1.29 is 0 Å². The van der Waals surface area contributed by atoms with Gasteiger partial charge in [0, 0.05) is 45.3 Å². The van der Waals surface area contributed by atoms with Crippen molar-refractivity contribution in [2.75, 3.05) is 26.2 Å². The van der Waals surface area contributed by atoms with E-state index in [2.05, 4.69) is 50.1 Å². The van der Waals surface area contributed by atoms with Crippen molar-refractivity contribution in [2.45, 2.75) is 25.8 Å². The van der Waals surface area contributed by atoms with E-state index in [0.717, 1.165) is 56.1 Å². The fourth-order valence-electron chi connectivity index (χ4n) is 3.75. The third kappa shape index (κ3) is 4.48. The lowest BCUT2D eigenvalue weighted by Crippen LogP contribution is -2.40. The molecule has 0 bridgehead atoms. The molecule has 0 amide bonds. The van der Waals surface area contributed by atoms with Crippen LogP contribution in [0.4, 0.5) is 0 Å². The van der Waals surface area contributed by atoms with Gasteiger partial charge >= 0.3 is 0 Å². The molecule has 0 aliphatic carbocycles. The van der Waals surface area contributed by atoms with Crippen molar-refractivity contribution in [1.29, 1.82) is 0 Å². The highest BCUT2D eigenvalue weighted by Gasteiger charge is 2.26. The molecule has 28 heavy (non-hydrogen) atoms. The predicted octanol–water partition coefficient (Wildman–Crippen LogP) is 2.84. The molecular formula is C20H28IN7. The first kappa shape index (κ1) is 20.6. The first-order valence-corrected chi connectivity index (χ1v) is 9.66. The van der Waals surface area contributed by atoms with E-state index in [0.29, 0.717) is 5.92 Å². The number of rotatable bonds is 5. The van der Waals surface area contributed by atoms with Gasteiger partial charge in [-0.05, 0) is 31.0 Å². The average Bonchev–Trinajstić information content (AvgIpc) is 3.40. The van der Waals surface area contributed by atoms with Crippen LogP contribution in [0, 0.1) is 0 Å². The Balaban J connectivity index is 0.00000225. The van der Waals surface area contributed by atoms with E-state index in [9.17, 15) is 0 Å². The summed E-state index contributed by atoms with van der Waals surface area (Å²) in [6, 6.07) is 8.22. The van der Waals surface area contributed by atoms with Gasteiger partial charge in [-0.25, -0.2) is 4.98 Å². The van der Waals surface area contributed by atoms with Gasteiger partial charge in [-0.1, -0.05) is 12.1 Å². The number of fused-ring (bicyclic) bond motifs is 1. The summed E-state index contributed by atoms with van der Waals surface area (Å²) >= 11 is 0. The Morgan fingerprint density at radius 3 is 2.96 bits per heavy atom. The minimum atomic E-state index is 0. The number of nitrogens with zero attached hydrogens (tertiary/aromatic N) is 6. The Kier molecular flexibility index (Phi) is 6.93. The number of aryl methyl sites for hydroxylation is 1. The van der Waals surface area contributed by atoms with Gasteiger partial charge in [-0.2, -0.15) is 5.10 Å². The number of halogens is 1. The Labute approximate surface area is 182 Å². The molecular weight excluding hydrogens is 465 g/mol. The summed E-state index contributed by atoms with van der Waals surface area (Å²) in [6.07, 6.45) is 7.16. The van der Waals surface area contributed by atoms with Crippen molar-refractivity contribution in [2.24, 2.45) is 12.0 Å². The summed E-state index contributed by atoms with van der Waals surface area (Å²) in [6.45, 7) is 6.57. The Hall–Kier alpha value is -2.10. The number of aromatic nitrogens is 4.